The molecule has 2 aliphatic heterocycles. The topological polar surface area (TPSA) is 77.4 Å². The molecule has 2 N–H and O–H groups in total. The number of fused-ring (bicyclic) bond motifs is 1. The van der Waals surface area contributed by atoms with Crippen molar-refractivity contribution in [3.63, 3.8) is 0 Å². The predicted molar refractivity (Wildman–Crippen MR) is 126 cm³/mol. The maximum absolute atomic E-state index is 13.9. The molecule has 0 saturated carbocycles. The molecule has 0 radical (unpaired) electrons. The van der Waals surface area contributed by atoms with E-state index < -0.39 is 42.2 Å². The number of hydrogen-bond acceptors (Lipinski definition) is 6. The summed E-state index contributed by atoms with van der Waals surface area (Å²) < 4.78 is 69.0. The predicted octanol–water partition coefficient (Wildman–Crippen LogP) is 5.50. The Morgan fingerprint density at radius 3 is 2.58 bits per heavy atom. The number of carbonyl (C=O) groups excluding carboxylic acids is 1. The van der Waals surface area contributed by atoms with Crippen molar-refractivity contribution in [2.24, 2.45) is 0 Å². The summed E-state index contributed by atoms with van der Waals surface area (Å²) in [7, 11) is 0. The molecule has 3 heterocycles. The van der Waals surface area contributed by atoms with Crippen LogP contribution in [0.1, 0.15) is 56.5 Å². The smallest absolute Gasteiger partial charge is 0.407 e. The van der Waals surface area contributed by atoms with Crippen LogP contribution in [-0.4, -0.2) is 46.5 Å². The zero-order chi connectivity index (χ0) is 26.9. The summed E-state index contributed by atoms with van der Waals surface area (Å²) in [6, 6.07) is 2.76. The van der Waals surface area contributed by atoms with Gasteiger partial charge in [-0.05, 0) is 63.8 Å². The minimum absolute atomic E-state index is 0.112. The highest BCUT2D eigenvalue weighted by Crippen LogP contribution is 2.31. The van der Waals surface area contributed by atoms with Crippen LogP contribution in [0.5, 0.6) is 0 Å². The van der Waals surface area contributed by atoms with Crippen LogP contribution in [0, 0.1) is 11.6 Å². The summed E-state index contributed by atoms with van der Waals surface area (Å²) >= 11 is 1.63. The van der Waals surface area contributed by atoms with Gasteiger partial charge in [0.1, 0.15) is 23.3 Å². The third-order valence-corrected chi connectivity index (χ3v) is 5.50. The van der Waals surface area contributed by atoms with E-state index in [0.29, 0.717) is 13.0 Å². The van der Waals surface area contributed by atoms with Crippen molar-refractivity contribution in [2.45, 2.75) is 71.1 Å². The fourth-order valence-electron chi connectivity index (χ4n) is 3.55. The number of rotatable bonds is 3. The minimum atomic E-state index is -3.67. The largest absolute Gasteiger partial charge is 0.444 e. The van der Waals surface area contributed by atoms with Gasteiger partial charge in [0.15, 0.2) is 0 Å². The molecule has 2 aromatic rings. The van der Waals surface area contributed by atoms with Crippen LogP contribution < -0.4 is 10.6 Å². The molecule has 13 heteroatoms. The Balaban J connectivity index is 0.000000266. The zero-order valence-corrected chi connectivity index (χ0v) is 21.3. The molecule has 0 bridgehead atoms. The number of halogens is 5. The molecular formula is C23H31F5N4O3S. The van der Waals surface area contributed by atoms with Crippen molar-refractivity contribution in [3.8, 4) is 0 Å². The Bertz CT molecular complexity index is 963. The molecule has 2 aliphatic rings. The molecular weight excluding hydrogens is 507 g/mol. The quantitative estimate of drug-likeness (QED) is 0.503. The lowest BCUT2D eigenvalue weighted by molar-refractivity contribution is -0.0181. The second kappa shape index (κ2) is 13.8. The lowest BCUT2D eigenvalue weighted by Crippen LogP contribution is -2.45. The average Bonchev–Trinajstić information content (AvgIpc) is 3.37. The summed E-state index contributed by atoms with van der Waals surface area (Å²) in [4.78, 5) is 11.9. The van der Waals surface area contributed by atoms with E-state index in [1.54, 1.807) is 32.7 Å². The molecule has 1 aromatic heterocycles. The third-order valence-electron chi connectivity index (χ3n) is 4.94. The highest BCUT2D eigenvalue weighted by molar-refractivity contribution is 7.97. The summed E-state index contributed by atoms with van der Waals surface area (Å²) in [5.41, 5.74) is 2.03. The van der Waals surface area contributed by atoms with Crippen molar-refractivity contribution in [1.29, 1.82) is 0 Å². The standard InChI is InChI=1S/C16H21F2NO3.C6H9N3S.CHF3/c1-16(2,3)22-15(20)19-13-5-4-8-21-14(13)11-9-10(17)6-7-12(11)18;1-10-9-4-5-2-7-3-6(5)8-9;2-1(3)4/h6-7,9,13-14H,4-5,8H2,1-3H3,(H,19,20);4,7H,2-3H2,1H3;1H/t13?,14-;;/m1../s1. The van der Waals surface area contributed by atoms with Gasteiger partial charge in [0.2, 0.25) is 0 Å². The SMILES string of the molecule is CC(C)(C)OC(=O)NC1CCCO[C@@H]1c1cc(F)ccc1F.CSn1cc2c(n1)CNC2.FC(F)F. The number of carbonyl (C=O) groups is 1. The normalized spacial score (nSPS) is 18.9. The van der Waals surface area contributed by atoms with Crippen molar-refractivity contribution in [3.05, 3.63) is 52.9 Å². The molecule has 7 nitrogen and oxygen atoms in total. The number of nitrogens with zero attached hydrogens (tertiary/aromatic N) is 2. The van der Waals surface area contributed by atoms with E-state index in [-0.39, 0.29) is 5.56 Å². The Labute approximate surface area is 211 Å². The molecule has 1 aromatic carbocycles. The van der Waals surface area contributed by atoms with Gasteiger partial charge in [0.05, 0.1) is 11.7 Å². The number of alkyl halides is 3. The van der Waals surface area contributed by atoms with Crippen molar-refractivity contribution < 1.29 is 36.2 Å². The van der Waals surface area contributed by atoms with Gasteiger partial charge in [0, 0.05) is 43.3 Å². The van der Waals surface area contributed by atoms with Gasteiger partial charge in [-0.15, -0.1) is 0 Å². The molecule has 2 atom stereocenters. The van der Waals surface area contributed by atoms with E-state index >= 15 is 0 Å². The summed E-state index contributed by atoms with van der Waals surface area (Å²) in [5.74, 6) is -1.09. The lowest BCUT2D eigenvalue weighted by atomic mass is 9.95. The van der Waals surface area contributed by atoms with Gasteiger partial charge in [-0.25, -0.2) is 17.7 Å². The molecule has 1 fully saturated rings. The number of aromatic nitrogens is 2. The van der Waals surface area contributed by atoms with Crippen LogP contribution in [-0.2, 0) is 22.6 Å². The number of amides is 1. The Morgan fingerprint density at radius 1 is 1.28 bits per heavy atom. The van der Waals surface area contributed by atoms with E-state index in [1.807, 2.05) is 10.3 Å². The van der Waals surface area contributed by atoms with E-state index in [1.165, 1.54) is 11.3 Å². The molecule has 1 unspecified atom stereocenters. The van der Waals surface area contributed by atoms with Gasteiger partial charge >= 0.3 is 12.8 Å². The van der Waals surface area contributed by atoms with Crippen LogP contribution in [0.15, 0.2) is 24.4 Å². The zero-order valence-electron chi connectivity index (χ0n) is 20.5. The second-order valence-corrected chi connectivity index (χ2v) is 9.63. The maximum Gasteiger partial charge on any atom is 0.407 e. The van der Waals surface area contributed by atoms with E-state index in [2.05, 4.69) is 21.9 Å². The lowest BCUT2D eigenvalue weighted by Gasteiger charge is -2.33. The Morgan fingerprint density at radius 2 is 1.97 bits per heavy atom. The number of hydrogen-bond donors (Lipinski definition) is 2. The maximum atomic E-state index is 13.9. The summed E-state index contributed by atoms with van der Waals surface area (Å²) in [5, 5.41) is 10.3. The Hall–Kier alpha value is -2.38. The van der Waals surface area contributed by atoms with Crippen molar-refractivity contribution in [2.75, 3.05) is 12.9 Å². The van der Waals surface area contributed by atoms with Gasteiger partial charge in [-0.3, -0.25) is 0 Å². The highest BCUT2D eigenvalue weighted by Gasteiger charge is 2.32. The second-order valence-electron chi connectivity index (χ2n) is 8.89. The monoisotopic (exact) mass is 538 g/mol. The van der Waals surface area contributed by atoms with Crippen LogP contribution in [0.2, 0.25) is 0 Å². The summed E-state index contributed by atoms with van der Waals surface area (Å²) in [6.45, 7) is 3.96. The number of ether oxygens (including phenoxy) is 2. The number of nitrogens with one attached hydrogen (secondary N) is 2. The average molecular weight is 539 g/mol. The van der Waals surface area contributed by atoms with Crippen LogP contribution in [0.4, 0.5) is 26.7 Å². The first-order chi connectivity index (χ1) is 16.9. The van der Waals surface area contributed by atoms with Crippen LogP contribution in [0.25, 0.3) is 0 Å². The minimum Gasteiger partial charge on any atom is -0.444 e. The molecule has 0 aliphatic carbocycles. The van der Waals surface area contributed by atoms with Gasteiger partial charge < -0.3 is 20.1 Å². The first kappa shape index (κ1) is 29.8. The molecule has 202 valence electrons. The van der Waals surface area contributed by atoms with E-state index in [0.717, 1.165) is 37.7 Å². The van der Waals surface area contributed by atoms with Crippen molar-refractivity contribution in [1.82, 2.24) is 19.8 Å². The first-order valence-corrected chi connectivity index (χ1v) is 12.4. The molecule has 0 spiro atoms. The van der Waals surface area contributed by atoms with Gasteiger partial charge in [-0.1, -0.05) is 0 Å². The first-order valence-electron chi connectivity index (χ1n) is 11.2. The van der Waals surface area contributed by atoms with Crippen LogP contribution in [0.3, 0.4) is 0 Å². The van der Waals surface area contributed by atoms with E-state index in [4.69, 9.17) is 9.47 Å². The molecule has 1 saturated heterocycles. The van der Waals surface area contributed by atoms with Crippen LogP contribution >= 0.6 is 11.9 Å². The van der Waals surface area contributed by atoms with Gasteiger partial charge in [0.25, 0.3) is 0 Å². The number of benzene rings is 1. The Kier molecular flexibility index (Phi) is 11.4. The summed E-state index contributed by atoms with van der Waals surface area (Å²) in [6.07, 6.45) is 4.13. The van der Waals surface area contributed by atoms with Crippen molar-refractivity contribution >= 4 is 18.0 Å². The highest BCUT2D eigenvalue weighted by atomic mass is 32.2. The van der Waals surface area contributed by atoms with Gasteiger partial charge in [-0.2, -0.15) is 18.3 Å². The molecule has 1 amide bonds. The fraction of sp³-hybridized carbons (Fsp3) is 0.565. The third kappa shape index (κ3) is 9.94. The fourth-order valence-corrected chi connectivity index (χ4v) is 3.97. The number of alkyl carbamates (subject to hydrolysis) is 1. The molecule has 36 heavy (non-hydrogen) atoms. The van der Waals surface area contributed by atoms with E-state index in [9.17, 15) is 26.7 Å². The molecule has 4 rings (SSSR count).